The van der Waals surface area contributed by atoms with Crippen LogP contribution < -0.4 is 10.2 Å². The molecule has 26 heavy (non-hydrogen) atoms. The third kappa shape index (κ3) is 4.09. The van der Waals surface area contributed by atoms with Gasteiger partial charge >= 0.3 is 5.97 Å². The first-order chi connectivity index (χ1) is 12.4. The molecule has 0 unspecified atom stereocenters. The van der Waals surface area contributed by atoms with Gasteiger partial charge < -0.3 is 20.2 Å². The largest absolute Gasteiger partial charge is 0.478 e. The summed E-state index contributed by atoms with van der Waals surface area (Å²) in [6, 6.07) is 0.111. The Morgan fingerprint density at radius 3 is 2.69 bits per heavy atom. The van der Waals surface area contributed by atoms with Gasteiger partial charge in [-0.15, -0.1) is 0 Å². The summed E-state index contributed by atoms with van der Waals surface area (Å²) in [4.78, 5) is 34.2. The molecule has 2 aliphatic heterocycles. The van der Waals surface area contributed by atoms with E-state index in [2.05, 4.69) is 15.3 Å². The minimum Gasteiger partial charge on any atom is -0.478 e. The zero-order valence-electron chi connectivity index (χ0n) is 14.6. The number of halogens is 1. The van der Waals surface area contributed by atoms with Crippen LogP contribution in [0, 0.1) is 5.82 Å². The number of hydrogen-bond acceptors (Lipinski definition) is 6. The standard InChI is InChI=1S/C17H22FN5O3/c1-11(24)22-7-4-13(5-8-22)20-17-19-9-14(18)15(21-17)23-6-2-3-12(10-23)16(25)26/h3,9,13H,2,4-8,10H2,1H3,(H,25,26)(H,19,20,21). The summed E-state index contributed by atoms with van der Waals surface area (Å²) in [5.74, 6) is -1.09. The van der Waals surface area contributed by atoms with E-state index >= 15 is 0 Å². The van der Waals surface area contributed by atoms with Gasteiger partial charge in [-0.25, -0.2) is 14.2 Å². The molecule has 0 saturated carbocycles. The molecule has 0 radical (unpaired) electrons. The van der Waals surface area contributed by atoms with E-state index in [1.807, 2.05) is 0 Å². The molecule has 1 aromatic heterocycles. The third-order valence-electron chi connectivity index (χ3n) is 4.72. The molecule has 3 heterocycles. The number of hydrogen-bond donors (Lipinski definition) is 2. The van der Waals surface area contributed by atoms with Crippen LogP contribution in [0.15, 0.2) is 17.8 Å². The molecule has 9 heteroatoms. The van der Waals surface area contributed by atoms with Gasteiger partial charge in [0.05, 0.1) is 18.3 Å². The highest BCUT2D eigenvalue weighted by atomic mass is 19.1. The lowest BCUT2D eigenvalue weighted by Crippen LogP contribution is -2.41. The number of nitrogens with one attached hydrogen (secondary N) is 1. The van der Waals surface area contributed by atoms with Crippen molar-refractivity contribution in [2.75, 3.05) is 36.4 Å². The average molecular weight is 363 g/mol. The molecule has 140 valence electrons. The van der Waals surface area contributed by atoms with Gasteiger partial charge in [-0.1, -0.05) is 6.08 Å². The summed E-state index contributed by atoms with van der Waals surface area (Å²) in [6.07, 6.45) is 4.82. The predicted octanol–water partition coefficient (Wildman–Crippen LogP) is 1.26. The summed E-state index contributed by atoms with van der Waals surface area (Å²) in [7, 11) is 0. The maximum Gasteiger partial charge on any atom is 0.333 e. The first-order valence-electron chi connectivity index (χ1n) is 8.66. The van der Waals surface area contributed by atoms with Gasteiger partial charge in [0.15, 0.2) is 11.6 Å². The van der Waals surface area contributed by atoms with Crippen molar-refractivity contribution in [1.82, 2.24) is 14.9 Å². The Labute approximate surface area is 150 Å². The number of nitrogens with zero attached hydrogens (tertiary/aromatic N) is 4. The first kappa shape index (κ1) is 18.1. The number of carbonyl (C=O) groups excluding carboxylic acids is 1. The van der Waals surface area contributed by atoms with Crippen molar-refractivity contribution >= 4 is 23.6 Å². The van der Waals surface area contributed by atoms with E-state index < -0.39 is 11.8 Å². The molecule has 8 nitrogen and oxygen atoms in total. The Balaban J connectivity index is 1.68. The molecule has 1 saturated heterocycles. The Kier molecular flexibility index (Phi) is 5.34. The van der Waals surface area contributed by atoms with E-state index in [0.717, 1.165) is 19.0 Å². The quantitative estimate of drug-likeness (QED) is 0.831. The van der Waals surface area contributed by atoms with Crippen LogP contribution >= 0.6 is 0 Å². The van der Waals surface area contributed by atoms with Crippen LogP contribution in [-0.2, 0) is 9.59 Å². The van der Waals surface area contributed by atoms with Crippen molar-refractivity contribution in [2.45, 2.75) is 32.2 Å². The Hall–Kier alpha value is -2.71. The maximum atomic E-state index is 14.2. The van der Waals surface area contributed by atoms with Crippen molar-refractivity contribution in [1.29, 1.82) is 0 Å². The fraction of sp³-hybridized carbons (Fsp3) is 0.529. The van der Waals surface area contributed by atoms with Crippen LogP contribution in [0.3, 0.4) is 0 Å². The summed E-state index contributed by atoms with van der Waals surface area (Å²) in [5, 5.41) is 12.3. The van der Waals surface area contributed by atoms with Gasteiger partial charge in [0, 0.05) is 32.6 Å². The van der Waals surface area contributed by atoms with Gasteiger partial charge in [0.1, 0.15) is 0 Å². The van der Waals surface area contributed by atoms with E-state index in [-0.39, 0.29) is 29.9 Å². The van der Waals surface area contributed by atoms with E-state index in [1.54, 1.807) is 22.8 Å². The molecule has 0 atom stereocenters. The molecule has 0 aliphatic carbocycles. The molecule has 2 aliphatic rings. The van der Waals surface area contributed by atoms with Gasteiger partial charge in [-0.3, -0.25) is 4.79 Å². The summed E-state index contributed by atoms with van der Waals surface area (Å²) in [6.45, 7) is 3.50. The molecular formula is C17H22FN5O3. The number of rotatable bonds is 4. The van der Waals surface area contributed by atoms with Crippen LogP contribution in [0.5, 0.6) is 0 Å². The zero-order chi connectivity index (χ0) is 18.7. The highest BCUT2D eigenvalue weighted by Gasteiger charge is 2.24. The molecule has 0 aromatic carbocycles. The molecule has 0 bridgehead atoms. The van der Waals surface area contributed by atoms with E-state index in [0.29, 0.717) is 32.0 Å². The van der Waals surface area contributed by atoms with Crippen molar-refractivity contribution in [3.8, 4) is 0 Å². The number of likely N-dealkylation sites (tertiary alicyclic amines) is 1. The fourth-order valence-corrected chi connectivity index (χ4v) is 3.25. The lowest BCUT2D eigenvalue weighted by atomic mass is 10.1. The number of carbonyl (C=O) groups is 2. The molecule has 1 amide bonds. The lowest BCUT2D eigenvalue weighted by Gasteiger charge is -2.32. The predicted molar refractivity (Wildman–Crippen MR) is 93.4 cm³/mol. The molecule has 1 aromatic rings. The van der Waals surface area contributed by atoms with Crippen LogP contribution in [0.4, 0.5) is 16.2 Å². The van der Waals surface area contributed by atoms with Crippen LogP contribution in [-0.4, -0.2) is 64.1 Å². The number of aromatic nitrogens is 2. The molecule has 1 fully saturated rings. The van der Waals surface area contributed by atoms with Crippen LogP contribution in [0.1, 0.15) is 26.2 Å². The fourth-order valence-electron chi connectivity index (χ4n) is 3.25. The minimum absolute atomic E-state index is 0.0659. The number of anilines is 2. The van der Waals surface area contributed by atoms with Crippen molar-refractivity contribution in [2.24, 2.45) is 0 Å². The normalized spacial score (nSPS) is 18.5. The second kappa shape index (κ2) is 7.67. The Bertz CT molecular complexity index is 731. The Morgan fingerprint density at radius 2 is 2.04 bits per heavy atom. The van der Waals surface area contributed by atoms with Crippen LogP contribution in [0.25, 0.3) is 0 Å². The smallest absolute Gasteiger partial charge is 0.333 e. The monoisotopic (exact) mass is 363 g/mol. The summed E-state index contributed by atoms with van der Waals surface area (Å²) < 4.78 is 14.2. The van der Waals surface area contributed by atoms with Crippen molar-refractivity contribution in [3.05, 3.63) is 23.7 Å². The van der Waals surface area contributed by atoms with Gasteiger partial charge in [0.25, 0.3) is 0 Å². The molecule has 0 spiro atoms. The number of amides is 1. The highest BCUT2D eigenvalue weighted by molar-refractivity contribution is 5.88. The van der Waals surface area contributed by atoms with Gasteiger partial charge in [-0.05, 0) is 19.3 Å². The third-order valence-corrected chi connectivity index (χ3v) is 4.72. The summed E-state index contributed by atoms with van der Waals surface area (Å²) in [5.41, 5.74) is 0.236. The molecule has 2 N–H and O–H groups in total. The van der Waals surface area contributed by atoms with E-state index in [9.17, 15) is 14.0 Å². The van der Waals surface area contributed by atoms with Gasteiger partial charge in [0.2, 0.25) is 11.9 Å². The highest BCUT2D eigenvalue weighted by Crippen LogP contribution is 2.23. The van der Waals surface area contributed by atoms with E-state index in [1.165, 1.54) is 0 Å². The second-order valence-corrected chi connectivity index (χ2v) is 6.53. The topological polar surface area (TPSA) is 98.7 Å². The molecular weight excluding hydrogens is 341 g/mol. The zero-order valence-corrected chi connectivity index (χ0v) is 14.6. The van der Waals surface area contributed by atoms with Crippen LogP contribution in [0.2, 0.25) is 0 Å². The number of carboxylic acid groups (broad SMARTS) is 1. The lowest BCUT2D eigenvalue weighted by molar-refractivity contribution is -0.133. The SMILES string of the molecule is CC(=O)N1CCC(Nc2ncc(F)c(N3CCC=C(C(=O)O)C3)n2)CC1. The Morgan fingerprint density at radius 1 is 1.31 bits per heavy atom. The number of carboxylic acids is 1. The average Bonchev–Trinajstić information content (AvgIpc) is 2.64. The first-order valence-corrected chi connectivity index (χ1v) is 8.66. The van der Waals surface area contributed by atoms with Gasteiger partial charge in [-0.2, -0.15) is 4.98 Å². The second-order valence-electron chi connectivity index (χ2n) is 6.53. The number of aliphatic carboxylic acids is 1. The molecule has 3 rings (SSSR count). The summed E-state index contributed by atoms with van der Waals surface area (Å²) >= 11 is 0. The minimum atomic E-state index is -1.00. The van der Waals surface area contributed by atoms with E-state index in [4.69, 9.17) is 5.11 Å². The van der Waals surface area contributed by atoms with Crippen molar-refractivity contribution < 1.29 is 19.1 Å². The maximum absolute atomic E-state index is 14.2. The number of piperidine rings is 1. The van der Waals surface area contributed by atoms with Crippen molar-refractivity contribution in [3.63, 3.8) is 0 Å².